The van der Waals surface area contributed by atoms with E-state index in [4.69, 9.17) is 11.6 Å². The number of halogens is 3. The van der Waals surface area contributed by atoms with Crippen LogP contribution in [0.3, 0.4) is 0 Å². The highest BCUT2D eigenvalue weighted by molar-refractivity contribution is 6.30. The van der Waals surface area contributed by atoms with E-state index < -0.39 is 39.6 Å². The van der Waals surface area contributed by atoms with E-state index >= 15 is 0 Å². The van der Waals surface area contributed by atoms with Crippen molar-refractivity contribution in [1.82, 2.24) is 14.8 Å². The Morgan fingerprint density at radius 3 is 2.81 bits per heavy atom. The third-order valence-electron chi connectivity index (χ3n) is 6.62. The Morgan fingerprint density at radius 1 is 1.26 bits per heavy atom. The van der Waals surface area contributed by atoms with Crippen LogP contribution in [0.15, 0.2) is 23.1 Å². The summed E-state index contributed by atoms with van der Waals surface area (Å²) < 4.78 is 28.8. The summed E-state index contributed by atoms with van der Waals surface area (Å²) in [6, 6.07) is 2.22. The van der Waals surface area contributed by atoms with Gasteiger partial charge in [-0.25, -0.2) is 8.78 Å². The van der Waals surface area contributed by atoms with Crippen molar-refractivity contribution in [2.24, 2.45) is 5.92 Å². The van der Waals surface area contributed by atoms with E-state index in [-0.39, 0.29) is 35.4 Å². The van der Waals surface area contributed by atoms with E-state index in [2.05, 4.69) is 5.32 Å². The number of piperidine rings is 1. The fourth-order valence-electron chi connectivity index (χ4n) is 5.12. The lowest BCUT2D eigenvalue weighted by molar-refractivity contribution is 0.0482. The zero-order valence-corrected chi connectivity index (χ0v) is 17.0. The first-order valence-corrected chi connectivity index (χ1v) is 10.3. The minimum Gasteiger partial charge on any atom is -0.503 e. The van der Waals surface area contributed by atoms with Gasteiger partial charge < -0.3 is 19.9 Å². The largest absolute Gasteiger partial charge is 0.503 e. The molecule has 2 fully saturated rings. The number of carbonyl (C=O) groups is 2. The summed E-state index contributed by atoms with van der Waals surface area (Å²) >= 11 is 5.54. The van der Waals surface area contributed by atoms with Gasteiger partial charge in [-0.05, 0) is 31.2 Å². The van der Waals surface area contributed by atoms with Crippen LogP contribution in [-0.4, -0.2) is 38.5 Å². The molecule has 2 aromatic rings. The van der Waals surface area contributed by atoms with Gasteiger partial charge in [-0.2, -0.15) is 0 Å². The maximum Gasteiger partial charge on any atom is 0.275 e. The van der Waals surface area contributed by atoms with E-state index in [1.54, 1.807) is 4.90 Å². The molecular formula is C21H18ClF2N3O4. The minimum absolute atomic E-state index is 0.0213. The van der Waals surface area contributed by atoms with Gasteiger partial charge >= 0.3 is 0 Å². The number of pyridine rings is 1. The monoisotopic (exact) mass is 449 g/mol. The number of rotatable bonds is 3. The van der Waals surface area contributed by atoms with Crippen molar-refractivity contribution in [2.45, 2.75) is 44.4 Å². The molecule has 162 valence electrons. The van der Waals surface area contributed by atoms with Gasteiger partial charge in [-0.1, -0.05) is 17.7 Å². The van der Waals surface area contributed by atoms with E-state index in [0.29, 0.717) is 12.5 Å². The van der Waals surface area contributed by atoms with Crippen LogP contribution in [0.5, 0.6) is 5.75 Å². The maximum atomic E-state index is 14.1. The Morgan fingerprint density at radius 2 is 2.03 bits per heavy atom. The second-order valence-corrected chi connectivity index (χ2v) is 8.62. The first kappa shape index (κ1) is 20.0. The zero-order valence-electron chi connectivity index (χ0n) is 16.2. The predicted molar refractivity (Wildman–Crippen MR) is 106 cm³/mol. The summed E-state index contributed by atoms with van der Waals surface area (Å²) in [4.78, 5) is 40.0. The van der Waals surface area contributed by atoms with Gasteiger partial charge in [0.25, 0.3) is 11.8 Å². The molecule has 1 aliphatic carbocycles. The molecule has 2 N–H and O–H groups in total. The SMILES string of the molecule is O=C(NCc1ccc(F)c(Cl)c1F)c1cn2c(c(O)c1=O)C(=O)N1[C@H]3CC[C@H](C3)[C@@H]1C2. The van der Waals surface area contributed by atoms with Gasteiger partial charge in [0.15, 0.2) is 11.4 Å². The first-order chi connectivity index (χ1) is 14.8. The Hall–Kier alpha value is -2.94. The summed E-state index contributed by atoms with van der Waals surface area (Å²) in [5.74, 6) is -3.58. The molecule has 1 saturated heterocycles. The average Bonchev–Trinajstić information content (AvgIpc) is 3.36. The molecule has 5 rings (SSSR count). The molecule has 31 heavy (non-hydrogen) atoms. The summed E-state index contributed by atoms with van der Waals surface area (Å²) in [5.41, 5.74) is -1.51. The van der Waals surface area contributed by atoms with Crippen LogP contribution in [0.25, 0.3) is 0 Å². The molecule has 2 aliphatic heterocycles. The summed E-state index contributed by atoms with van der Waals surface area (Å²) in [6.07, 6.45) is 4.12. The fraction of sp³-hybridized carbons (Fsp3) is 0.381. The van der Waals surface area contributed by atoms with Crippen LogP contribution < -0.4 is 10.7 Å². The van der Waals surface area contributed by atoms with Crippen LogP contribution in [0.2, 0.25) is 5.02 Å². The van der Waals surface area contributed by atoms with Crippen LogP contribution >= 0.6 is 11.6 Å². The van der Waals surface area contributed by atoms with Crippen molar-refractivity contribution in [3.63, 3.8) is 0 Å². The van der Waals surface area contributed by atoms with Gasteiger partial charge in [0.1, 0.15) is 22.2 Å². The van der Waals surface area contributed by atoms with E-state index in [1.165, 1.54) is 10.8 Å². The molecule has 3 heterocycles. The van der Waals surface area contributed by atoms with Crippen molar-refractivity contribution in [2.75, 3.05) is 0 Å². The fourth-order valence-corrected chi connectivity index (χ4v) is 5.31. The second-order valence-electron chi connectivity index (χ2n) is 8.25. The molecule has 0 spiro atoms. The van der Waals surface area contributed by atoms with Gasteiger partial charge in [-0.3, -0.25) is 14.4 Å². The molecule has 7 nitrogen and oxygen atoms in total. The lowest BCUT2D eigenvalue weighted by Gasteiger charge is -2.40. The molecule has 3 atom stereocenters. The molecule has 1 aromatic carbocycles. The van der Waals surface area contributed by atoms with Crippen LogP contribution in [-0.2, 0) is 13.1 Å². The second kappa shape index (κ2) is 7.05. The van der Waals surface area contributed by atoms with E-state index in [1.807, 2.05) is 0 Å². The zero-order chi connectivity index (χ0) is 22.0. The minimum atomic E-state index is -1.01. The van der Waals surface area contributed by atoms with Crippen molar-refractivity contribution < 1.29 is 23.5 Å². The smallest absolute Gasteiger partial charge is 0.275 e. The van der Waals surface area contributed by atoms with Gasteiger partial charge in [0.05, 0.1) is 6.04 Å². The molecule has 1 aromatic heterocycles. The number of fused-ring (bicyclic) bond motifs is 6. The van der Waals surface area contributed by atoms with E-state index in [9.17, 15) is 28.3 Å². The average molecular weight is 450 g/mol. The standard InChI is InChI=1S/C21H18ClF2N3O4/c22-15-13(23)4-2-10(16(15)24)6-25-20(30)12-7-26-8-14-9-1-3-11(5-9)27(14)21(31)17(26)19(29)18(12)28/h2,4,7,9,11,14,29H,1,3,5-6,8H2,(H,25,30)/t9-,11+,14+/m1/s1. The third-order valence-corrected chi connectivity index (χ3v) is 6.96. The highest BCUT2D eigenvalue weighted by atomic mass is 35.5. The number of nitrogens with zero attached hydrogens (tertiary/aromatic N) is 2. The van der Waals surface area contributed by atoms with Gasteiger partial charge in [-0.15, -0.1) is 0 Å². The Balaban J connectivity index is 1.44. The summed E-state index contributed by atoms with van der Waals surface area (Å²) in [7, 11) is 0. The first-order valence-electron chi connectivity index (χ1n) is 9.97. The number of hydrogen-bond donors (Lipinski definition) is 2. The van der Waals surface area contributed by atoms with E-state index in [0.717, 1.165) is 31.4 Å². The molecule has 0 radical (unpaired) electrons. The predicted octanol–water partition coefficient (Wildman–Crippen LogP) is 2.42. The molecule has 1 saturated carbocycles. The number of nitrogens with one attached hydrogen (secondary N) is 1. The normalized spacial score (nSPS) is 23.6. The maximum absolute atomic E-state index is 14.1. The molecule has 10 heteroatoms. The van der Waals surface area contributed by atoms with Crippen LogP contribution in [0.4, 0.5) is 8.78 Å². The van der Waals surface area contributed by atoms with Crippen LogP contribution in [0.1, 0.15) is 45.7 Å². The number of hydrogen-bond acceptors (Lipinski definition) is 4. The van der Waals surface area contributed by atoms with Crippen molar-refractivity contribution >= 4 is 23.4 Å². The Kier molecular flexibility index (Phi) is 4.55. The number of amides is 2. The molecular weight excluding hydrogens is 432 g/mol. The highest BCUT2D eigenvalue weighted by Crippen LogP contribution is 2.45. The highest BCUT2D eigenvalue weighted by Gasteiger charge is 2.51. The number of aromatic nitrogens is 1. The quantitative estimate of drug-likeness (QED) is 0.704. The molecule has 2 bridgehead atoms. The lowest BCUT2D eigenvalue weighted by Crippen LogP contribution is -2.52. The Labute approximate surface area is 180 Å². The molecule has 3 aliphatic rings. The van der Waals surface area contributed by atoms with Crippen molar-refractivity contribution in [3.8, 4) is 5.75 Å². The summed E-state index contributed by atoms with van der Waals surface area (Å²) in [6.45, 7) is 0.0459. The topological polar surface area (TPSA) is 91.6 Å². The van der Waals surface area contributed by atoms with Crippen molar-refractivity contribution in [1.29, 1.82) is 0 Å². The third kappa shape index (κ3) is 2.94. The number of benzene rings is 1. The number of carbonyl (C=O) groups excluding carboxylic acids is 2. The number of aromatic hydroxyl groups is 1. The van der Waals surface area contributed by atoms with Gasteiger partial charge in [0, 0.05) is 30.9 Å². The van der Waals surface area contributed by atoms with Gasteiger partial charge in [0.2, 0.25) is 5.43 Å². The van der Waals surface area contributed by atoms with Crippen molar-refractivity contribution in [3.05, 3.63) is 62.0 Å². The molecule has 2 amide bonds. The summed E-state index contributed by atoms with van der Waals surface area (Å²) in [5, 5.41) is 12.1. The molecule has 0 unspecified atom stereocenters. The Bertz CT molecular complexity index is 1200. The lowest BCUT2D eigenvalue weighted by atomic mass is 9.95. The van der Waals surface area contributed by atoms with Crippen LogP contribution in [0, 0.1) is 17.6 Å².